The van der Waals surface area contributed by atoms with E-state index in [1.165, 1.54) is 0 Å². The highest BCUT2D eigenvalue weighted by Crippen LogP contribution is 2.17. The maximum absolute atomic E-state index is 10.9. The van der Waals surface area contributed by atoms with Gasteiger partial charge >= 0.3 is 5.97 Å². The third-order valence-electron chi connectivity index (χ3n) is 2.12. The number of carboxylic acid groups (broad SMARTS) is 1. The van der Waals surface area contributed by atoms with E-state index in [-0.39, 0.29) is 6.61 Å². The van der Waals surface area contributed by atoms with Crippen molar-refractivity contribution in [1.82, 2.24) is 0 Å². The van der Waals surface area contributed by atoms with Gasteiger partial charge in [-0.05, 0) is 12.5 Å². The minimum Gasteiger partial charge on any atom is -0.481 e. The highest BCUT2D eigenvalue weighted by molar-refractivity contribution is 7.67. The summed E-state index contributed by atoms with van der Waals surface area (Å²) in [5.41, 5.74) is 1.53. The molecule has 0 aromatic heterocycles. The number of hydrogen-bond acceptors (Lipinski definition) is 4. The van der Waals surface area contributed by atoms with Gasteiger partial charge in [0.2, 0.25) is 0 Å². The standard InChI is InChI=1S/C10H12O5S/c1-7-2-4-8(5-3-7)9(10(11)12)6-15-16(13)14/h2-5,9,16H,6H2,1H3,(H,11,12)/t9-/m1/s1. The summed E-state index contributed by atoms with van der Waals surface area (Å²) in [5, 5.41) is 8.93. The summed E-state index contributed by atoms with van der Waals surface area (Å²) in [6.07, 6.45) is 0. The second kappa shape index (κ2) is 5.62. The Bertz CT molecular complexity index is 427. The van der Waals surface area contributed by atoms with Crippen LogP contribution in [0.4, 0.5) is 0 Å². The lowest BCUT2D eigenvalue weighted by atomic mass is 9.99. The SMILES string of the molecule is Cc1ccc([C@@H](CO[SH](=O)=O)C(=O)O)cc1. The molecular weight excluding hydrogens is 232 g/mol. The van der Waals surface area contributed by atoms with Crippen molar-refractivity contribution in [2.24, 2.45) is 0 Å². The molecule has 0 fully saturated rings. The van der Waals surface area contributed by atoms with Crippen LogP contribution in [0.1, 0.15) is 17.0 Å². The van der Waals surface area contributed by atoms with E-state index in [0.29, 0.717) is 5.56 Å². The topological polar surface area (TPSA) is 80.7 Å². The first-order chi connectivity index (χ1) is 7.50. The fraction of sp³-hybridized carbons (Fsp3) is 0.300. The molecular formula is C10H12O5S. The average molecular weight is 244 g/mol. The number of aliphatic carboxylic acids is 1. The summed E-state index contributed by atoms with van der Waals surface area (Å²) in [4.78, 5) is 10.9. The van der Waals surface area contributed by atoms with Crippen LogP contribution in [0.15, 0.2) is 24.3 Å². The number of thiol groups is 1. The van der Waals surface area contributed by atoms with Crippen LogP contribution >= 0.6 is 0 Å². The third-order valence-corrected chi connectivity index (χ3v) is 2.48. The van der Waals surface area contributed by atoms with Crippen molar-refractivity contribution in [3.05, 3.63) is 35.4 Å². The van der Waals surface area contributed by atoms with Crippen molar-refractivity contribution in [1.29, 1.82) is 0 Å². The lowest BCUT2D eigenvalue weighted by Crippen LogP contribution is -2.17. The molecule has 5 nitrogen and oxygen atoms in total. The molecule has 0 spiro atoms. The lowest BCUT2D eigenvalue weighted by molar-refractivity contribution is -0.139. The second-order valence-corrected chi connectivity index (χ2v) is 4.03. The molecule has 1 aromatic carbocycles. The second-order valence-electron chi connectivity index (χ2n) is 3.32. The van der Waals surface area contributed by atoms with Crippen molar-refractivity contribution in [3.63, 3.8) is 0 Å². The molecule has 0 aliphatic rings. The van der Waals surface area contributed by atoms with Crippen LogP contribution in [0.3, 0.4) is 0 Å². The van der Waals surface area contributed by atoms with Crippen LogP contribution in [-0.2, 0) is 20.0 Å². The Morgan fingerprint density at radius 2 is 1.94 bits per heavy atom. The molecule has 0 saturated carbocycles. The van der Waals surface area contributed by atoms with Gasteiger partial charge in [-0.1, -0.05) is 29.8 Å². The van der Waals surface area contributed by atoms with Crippen LogP contribution in [0.5, 0.6) is 0 Å². The van der Waals surface area contributed by atoms with Gasteiger partial charge in [0.15, 0.2) is 0 Å². The number of carbonyl (C=O) groups is 1. The quantitative estimate of drug-likeness (QED) is 0.745. The maximum atomic E-state index is 10.9. The number of hydrogen-bond donors (Lipinski definition) is 2. The van der Waals surface area contributed by atoms with Crippen molar-refractivity contribution < 1.29 is 22.5 Å². The Labute approximate surface area is 94.8 Å². The van der Waals surface area contributed by atoms with E-state index in [9.17, 15) is 13.2 Å². The Hall–Kier alpha value is -1.40. The minimum absolute atomic E-state index is 0.378. The third kappa shape index (κ3) is 3.63. The van der Waals surface area contributed by atoms with E-state index in [2.05, 4.69) is 4.18 Å². The highest BCUT2D eigenvalue weighted by atomic mass is 32.2. The molecule has 0 bridgehead atoms. The molecule has 1 rings (SSSR count). The van der Waals surface area contributed by atoms with Gasteiger partial charge in [-0.25, -0.2) is 8.42 Å². The summed E-state index contributed by atoms with van der Waals surface area (Å²) >= 11 is 0. The first-order valence-electron chi connectivity index (χ1n) is 4.57. The maximum Gasteiger partial charge on any atom is 0.313 e. The fourth-order valence-corrected chi connectivity index (χ4v) is 1.52. The first kappa shape index (κ1) is 12.7. The zero-order valence-corrected chi connectivity index (χ0v) is 9.52. The van der Waals surface area contributed by atoms with E-state index in [0.717, 1.165) is 5.56 Å². The zero-order valence-electron chi connectivity index (χ0n) is 8.62. The van der Waals surface area contributed by atoms with E-state index in [4.69, 9.17) is 5.11 Å². The van der Waals surface area contributed by atoms with Gasteiger partial charge in [0, 0.05) is 0 Å². The van der Waals surface area contributed by atoms with Gasteiger partial charge in [0.05, 0.1) is 6.61 Å². The Kier molecular flexibility index (Phi) is 4.45. The van der Waals surface area contributed by atoms with Crippen LogP contribution in [0.25, 0.3) is 0 Å². The molecule has 0 heterocycles. The summed E-state index contributed by atoms with van der Waals surface area (Å²) in [7, 11) is -3.02. The number of aryl methyl sites for hydroxylation is 1. The number of benzene rings is 1. The molecule has 88 valence electrons. The number of carboxylic acids is 1. The van der Waals surface area contributed by atoms with Crippen LogP contribution < -0.4 is 0 Å². The predicted octanol–water partition coefficient (Wildman–Crippen LogP) is 0.706. The summed E-state index contributed by atoms with van der Waals surface area (Å²) in [6.45, 7) is 1.50. The van der Waals surface area contributed by atoms with Crippen molar-refractivity contribution >= 4 is 17.0 Å². The fourth-order valence-electron chi connectivity index (χ4n) is 1.24. The van der Waals surface area contributed by atoms with Crippen LogP contribution in [-0.4, -0.2) is 26.1 Å². The van der Waals surface area contributed by atoms with Gasteiger partial charge in [-0.15, -0.1) is 0 Å². The van der Waals surface area contributed by atoms with Gasteiger partial charge < -0.3 is 5.11 Å². The van der Waals surface area contributed by atoms with Gasteiger partial charge in [-0.3, -0.25) is 8.98 Å². The van der Waals surface area contributed by atoms with E-state index < -0.39 is 22.9 Å². The van der Waals surface area contributed by atoms with Gasteiger partial charge in [-0.2, -0.15) is 0 Å². The molecule has 0 radical (unpaired) electrons. The largest absolute Gasteiger partial charge is 0.481 e. The molecule has 1 N–H and O–H groups in total. The molecule has 16 heavy (non-hydrogen) atoms. The zero-order chi connectivity index (χ0) is 12.1. The van der Waals surface area contributed by atoms with Crippen molar-refractivity contribution in [2.45, 2.75) is 12.8 Å². The Balaban J connectivity index is 2.85. The molecule has 0 amide bonds. The van der Waals surface area contributed by atoms with Crippen LogP contribution in [0, 0.1) is 6.92 Å². The first-order valence-corrected chi connectivity index (χ1v) is 5.67. The summed E-state index contributed by atoms with van der Waals surface area (Å²) in [6, 6.07) is 6.83. The molecule has 6 heteroatoms. The predicted molar refractivity (Wildman–Crippen MR) is 57.8 cm³/mol. The minimum atomic E-state index is -3.02. The number of rotatable bonds is 5. The Morgan fingerprint density at radius 1 is 1.38 bits per heavy atom. The van der Waals surface area contributed by atoms with Gasteiger partial charge in [0.25, 0.3) is 11.0 Å². The normalized spacial score (nSPS) is 12.6. The van der Waals surface area contributed by atoms with E-state index in [1.807, 2.05) is 6.92 Å². The molecule has 0 unspecified atom stereocenters. The van der Waals surface area contributed by atoms with E-state index in [1.54, 1.807) is 24.3 Å². The lowest BCUT2D eigenvalue weighted by Gasteiger charge is -2.10. The molecule has 0 aliphatic heterocycles. The monoisotopic (exact) mass is 244 g/mol. The molecule has 0 aliphatic carbocycles. The molecule has 0 saturated heterocycles. The van der Waals surface area contributed by atoms with Crippen LogP contribution in [0.2, 0.25) is 0 Å². The summed E-state index contributed by atoms with van der Waals surface area (Å²) < 4.78 is 24.8. The van der Waals surface area contributed by atoms with Gasteiger partial charge in [0.1, 0.15) is 5.92 Å². The summed E-state index contributed by atoms with van der Waals surface area (Å²) in [5.74, 6) is -2.07. The highest BCUT2D eigenvalue weighted by Gasteiger charge is 2.20. The van der Waals surface area contributed by atoms with Crippen molar-refractivity contribution in [3.8, 4) is 0 Å². The Morgan fingerprint density at radius 3 is 2.38 bits per heavy atom. The molecule has 1 aromatic rings. The average Bonchev–Trinajstić information content (AvgIpc) is 2.20. The molecule has 1 atom stereocenters. The van der Waals surface area contributed by atoms with Crippen molar-refractivity contribution in [2.75, 3.05) is 6.61 Å². The van der Waals surface area contributed by atoms with E-state index >= 15 is 0 Å². The smallest absolute Gasteiger partial charge is 0.313 e.